The van der Waals surface area contributed by atoms with Gasteiger partial charge in [-0.3, -0.25) is 4.79 Å². The maximum Gasteiger partial charge on any atom is 0.262 e. The number of para-hydroxylation sites is 1. The Balaban J connectivity index is 1.64. The van der Waals surface area contributed by atoms with E-state index in [0.717, 1.165) is 36.3 Å². The number of hydrogen-bond acceptors (Lipinski definition) is 3. The second-order valence-electron chi connectivity index (χ2n) is 6.01. The number of amides is 1. The Hall–Kier alpha value is -2.49. The van der Waals surface area contributed by atoms with Crippen molar-refractivity contribution in [2.24, 2.45) is 0 Å². The van der Waals surface area contributed by atoms with Crippen LogP contribution in [0.25, 0.3) is 0 Å². The summed E-state index contributed by atoms with van der Waals surface area (Å²) in [6.45, 7) is 0.694. The highest BCUT2D eigenvalue weighted by Gasteiger charge is 2.30. The quantitative estimate of drug-likeness (QED) is 0.868. The molecule has 0 N–H and O–H groups in total. The fourth-order valence-corrected chi connectivity index (χ4v) is 2.97. The van der Waals surface area contributed by atoms with Crippen molar-refractivity contribution < 1.29 is 14.3 Å². The third kappa shape index (κ3) is 2.65. The smallest absolute Gasteiger partial charge is 0.262 e. The van der Waals surface area contributed by atoms with Gasteiger partial charge in [0, 0.05) is 12.2 Å². The molecule has 0 aromatic heterocycles. The number of nitrogens with zero attached hydrogens (tertiary/aromatic N) is 1. The number of fused-ring (bicyclic) bond motifs is 1. The van der Waals surface area contributed by atoms with Crippen LogP contribution in [0, 0.1) is 0 Å². The van der Waals surface area contributed by atoms with Crippen molar-refractivity contribution in [1.82, 2.24) is 0 Å². The van der Waals surface area contributed by atoms with Crippen LogP contribution in [0.3, 0.4) is 0 Å². The highest BCUT2D eigenvalue weighted by molar-refractivity contribution is 6.09. The molecular weight excluding hydrogens is 290 g/mol. The van der Waals surface area contributed by atoms with Gasteiger partial charge in [-0.2, -0.15) is 0 Å². The van der Waals surface area contributed by atoms with E-state index in [4.69, 9.17) is 9.47 Å². The van der Waals surface area contributed by atoms with Crippen molar-refractivity contribution in [1.29, 1.82) is 0 Å². The molecule has 4 rings (SSSR count). The van der Waals surface area contributed by atoms with Crippen molar-refractivity contribution in [2.75, 3.05) is 18.6 Å². The molecule has 4 heteroatoms. The van der Waals surface area contributed by atoms with Gasteiger partial charge in [0.15, 0.2) is 0 Å². The number of anilines is 1. The Bertz CT molecular complexity index is 752. The molecule has 1 amide bonds. The normalized spacial score (nSPS) is 16.1. The first-order valence-corrected chi connectivity index (χ1v) is 8.01. The van der Waals surface area contributed by atoms with Gasteiger partial charge in [0.05, 0.1) is 18.8 Å². The Morgan fingerprint density at radius 1 is 1.17 bits per heavy atom. The topological polar surface area (TPSA) is 38.8 Å². The molecule has 1 aliphatic carbocycles. The summed E-state index contributed by atoms with van der Waals surface area (Å²) in [5.74, 6) is 1.53. The lowest BCUT2D eigenvalue weighted by Crippen LogP contribution is -2.29. The van der Waals surface area contributed by atoms with Crippen LogP contribution in [0.5, 0.6) is 11.5 Å². The Kier molecular flexibility index (Phi) is 3.45. The maximum absolute atomic E-state index is 13.0. The molecule has 4 nitrogen and oxygen atoms in total. The minimum atomic E-state index is 0.00478. The van der Waals surface area contributed by atoms with Crippen molar-refractivity contribution in [3.05, 3.63) is 53.6 Å². The summed E-state index contributed by atoms with van der Waals surface area (Å²) in [7, 11) is 1.66. The van der Waals surface area contributed by atoms with Gasteiger partial charge in [0.1, 0.15) is 11.5 Å². The average Bonchev–Trinajstić information content (AvgIpc) is 3.30. The summed E-state index contributed by atoms with van der Waals surface area (Å²) in [4.78, 5) is 14.8. The summed E-state index contributed by atoms with van der Waals surface area (Å²) in [5, 5.41) is 0. The summed E-state index contributed by atoms with van der Waals surface area (Å²) >= 11 is 0. The zero-order chi connectivity index (χ0) is 15.8. The molecule has 2 aromatic carbocycles. The molecule has 0 saturated heterocycles. The molecule has 118 valence electrons. The summed E-state index contributed by atoms with van der Waals surface area (Å²) in [5.41, 5.74) is 2.76. The Morgan fingerprint density at radius 2 is 2.00 bits per heavy atom. The molecule has 1 aliphatic heterocycles. The molecule has 0 radical (unpaired) electrons. The van der Waals surface area contributed by atoms with Crippen LogP contribution >= 0.6 is 0 Å². The number of methoxy groups -OCH3 is 1. The molecular formula is C19H19NO3. The SMILES string of the molecule is COc1ccc2c(c1)CCN2C(=O)c1ccccc1OC1CC1. The van der Waals surface area contributed by atoms with E-state index in [-0.39, 0.29) is 12.0 Å². The zero-order valence-electron chi connectivity index (χ0n) is 13.1. The first-order valence-electron chi connectivity index (χ1n) is 8.01. The average molecular weight is 309 g/mol. The Morgan fingerprint density at radius 3 is 2.78 bits per heavy atom. The fourth-order valence-electron chi connectivity index (χ4n) is 2.97. The number of carbonyl (C=O) groups excluding carboxylic acids is 1. The standard InChI is InChI=1S/C19H19NO3/c1-22-15-8-9-17-13(12-15)10-11-20(17)19(21)16-4-2-3-5-18(16)23-14-6-7-14/h2-5,8-9,12,14H,6-7,10-11H2,1H3. The van der Waals surface area contributed by atoms with E-state index in [0.29, 0.717) is 17.9 Å². The van der Waals surface area contributed by atoms with Gasteiger partial charge < -0.3 is 14.4 Å². The van der Waals surface area contributed by atoms with Crippen LogP contribution in [-0.4, -0.2) is 25.7 Å². The van der Waals surface area contributed by atoms with E-state index in [1.165, 1.54) is 0 Å². The zero-order valence-corrected chi connectivity index (χ0v) is 13.1. The van der Waals surface area contributed by atoms with Crippen LogP contribution < -0.4 is 14.4 Å². The van der Waals surface area contributed by atoms with Crippen LogP contribution in [0.15, 0.2) is 42.5 Å². The van der Waals surface area contributed by atoms with E-state index in [1.807, 2.05) is 47.4 Å². The van der Waals surface area contributed by atoms with E-state index >= 15 is 0 Å². The molecule has 1 saturated carbocycles. The summed E-state index contributed by atoms with van der Waals surface area (Å²) < 4.78 is 11.2. The number of carbonyl (C=O) groups is 1. The third-order valence-corrected chi connectivity index (χ3v) is 4.36. The predicted molar refractivity (Wildman–Crippen MR) is 88.5 cm³/mol. The van der Waals surface area contributed by atoms with Gasteiger partial charge in [0.25, 0.3) is 5.91 Å². The maximum atomic E-state index is 13.0. The minimum Gasteiger partial charge on any atom is -0.497 e. The van der Waals surface area contributed by atoms with E-state index < -0.39 is 0 Å². The molecule has 23 heavy (non-hydrogen) atoms. The lowest BCUT2D eigenvalue weighted by Gasteiger charge is -2.19. The predicted octanol–water partition coefficient (Wildman–Crippen LogP) is 3.44. The van der Waals surface area contributed by atoms with E-state index in [2.05, 4.69) is 0 Å². The monoisotopic (exact) mass is 309 g/mol. The lowest BCUT2D eigenvalue weighted by molar-refractivity contribution is 0.0985. The second-order valence-corrected chi connectivity index (χ2v) is 6.01. The molecule has 0 atom stereocenters. The third-order valence-electron chi connectivity index (χ3n) is 4.36. The molecule has 1 heterocycles. The van der Waals surface area contributed by atoms with Crippen molar-refractivity contribution >= 4 is 11.6 Å². The number of benzene rings is 2. The summed E-state index contributed by atoms with van der Waals surface area (Å²) in [6, 6.07) is 13.4. The fraction of sp³-hybridized carbons (Fsp3) is 0.316. The molecule has 0 unspecified atom stereocenters. The largest absolute Gasteiger partial charge is 0.497 e. The number of rotatable bonds is 4. The van der Waals surface area contributed by atoms with Crippen LogP contribution in [-0.2, 0) is 6.42 Å². The number of hydrogen-bond donors (Lipinski definition) is 0. The molecule has 2 aromatic rings. The highest BCUT2D eigenvalue weighted by Crippen LogP contribution is 2.35. The Labute approximate surface area is 135 Å². The molecule has 1 fully saturated rings. The van der Waals surface area contributed by atoms with Crippen LogP contribution in [0.4, 0.5) is 5.69 Å². The summed E-state index contributed by atoms with van der Waals surface area (Å²) in [6.07, 6.45) is 3.28. The first kappa shape index (κ1) is 14.1. The van der Waals surface area contributed by atoms with Crippen LogP contribution in [0.2, 0.25) is 0 Å². The first-order chi connectivity index (χ1) is 11.3. The van der Waals surface area contributed by atoms with Gasteiger partial charge in [-0.25, -0.2) is 0 Å². The van der Waals surface area contributed by atoms with Crippen molar-refractivity contribution in [2.45, 2.75) is 25.4 Å². The van der Waals surface area contributed by atoms with Gasteiger partial charge >= 0.3 is 0 Å². The second kappa shape index (κ2) is 5.61. The van der Waals surface area contributed by atoms with Crippen molar-refractivity contribution in [3.8, 4) is 11.5 Å². The van der Waals surface area contributed by atoms with Gasteiger partial charge in [-0.15, -0.1) is 0 Å². The van der Waals surface area contributed by atoms with Crippen molar-refractivity contribution in [3.63, 3.8) is 0 Å². The number of ether oxygens (including phenoxy) is 2. The van der Waals surface area contributed by atoms with Gasteiger partial charge in [-0.1, -0.05) is 12.1 Å². The minimum absolute atomic E-state index is 0.00478. The highest BCUT2D eigenvalue weighted by atomic mass is 16.5. The van der Waals surface area contributed by atoms with Gasteiger partial charge in [0.2, 0.25) is 0 Å². The van der Waals surface area contributed by atoms with Crippen LogP contribution in [0.1, 0.15) is 28.8 Å². The molecule has 2 aliphatic rings. The van der Waals surface area contributed by atoms with E-state index in [9.17, 15) is 4.79 Å². The van der Waals surface area contributed by atoms with Gasteiger partial charge in [-0.05, 0) is 55.2 Å². The lowest BCUT2D eigenvalue weighted by atomic mass is 10.1. The molecule has 0 spiro atoms. The molecule has 0 bridgehead atoms. The van der Waals surface area contributed by atoms with E-state index in [1.54, 1.807) is 7.11 Å².